The van der Waals surface area contributed by atoms with Gasteiger partial charge in [0.25, 0.3) is 11.6 Å². The summed E-state index contributed by atoms with van der Waals surface area (Å²) >= 11 is 25.5. The van der Waals surface area contributed by atoms with Crippen molar-refractivity contribution in [1.82, 2.24) is 0 Å². The summed E-state index contributed by atoms with van der Waals surface area (Å²) in [4.78, 5) is 0. The third kappa shape index (κ3) is 3.45. The molecular weight excluding hydrogens is 526 g/mol. The molecule has 2 aliphatic rings. The summed E-state index contributed by atoms with van der Waals surface area (Å²) < 4.78 is 20.5. The quantitative estimate of drug-likeness (QED) is 0.253. The molecule has 2 heterocycles. The molecule has 2 bridgehead atoms. The molecule has 0 radical (unpaired) electrons. The highest BCUT2D eigenvalue weighted by Crippen LogP contribution is 2.59. The van der Waals surface area contributed by atoms with E-state index >= 15 is 0 Å². The van der Waals surface area contributed by atoms with Gasteiger partial charge in [0.2, 0.25) is 0 Å². The van der Waals surface area contributed by atoms with E-state index in [4.69, 9.17) is 60.6 Å². The third-order valence-corrected chi connectivity index (χ3v) is 7.85. The largest absolute Gasteiger partial charge is 0.453 e. The number of halogens is 4. The van der Waals surface area contributed by atoms with E-state index in [2.05, 4.69) is 0 Å². The second-order valence-electron chi connectivity index (χ2n) is 8.80. The summed E-state index contributed by atoms with van der Waals surface area (Å²) in [6.45, 7) is 4.01. The third-order valence-electron chi connectivity index (χ3n) is 6.37. The molecule has 4 aromatic rings. The van der Waals surface area contributed by atoms with Crippen molar-refractivity contribution in [2.24, 2.45) is 0 Å². The van der Waals surface area contributed by atoms with E-state index in [-0.39, 0.29) is 0 Å². The Balaban J connectivity index is 1.72. The van der Waals surface area contributed by atoms with Gasteiger partial charge >= 0.3 is 0 Å². The first kappa shape index (κ1) is 23.0. The topological polar surface area (TPSA) is 27.7 Å². The predicted octanol–water partition coefficient (Wildman–Crippen LogP) is 8.82. The molecule has 0 N–H and O–H groups in total. The maximum Gasteiger partial charge on any atom is 0.271 e. The van der Waals surface area contributed by atoms with Gasteiger partial charge in [-0.2, -0.15) is 0 Å². The van der Waals surface area contributed by atoms with Crippen molar-refractivity contribution in [3.8, 4) is 11.5 Å². The lowest BCUT2D eigenvalue weighted by Gasteiger charge is -2.52. The summed E-state index contributed by atoms with van der Waals surface area (Å²) in [5.74, 6) is -1.51. The number of aryl methyl sites for hydroxylation is 2. The minimum Gasteiger partial charge on any atom is -0.453 e. The highest BCUT2D eigenvalue weighted by atomic mass is 35.5. The average molecular weight is 544 g/mol. The lowest BCUT2D eigenvalue weighted by Crippen LogP contribution is -2.56. The van der Waals surface area contributed by atoms with Gasteiger partial charge in [0.15, 0.2) is 0 Å². The maximum absolute atomic E-state index is 6.97. The number of hydrogen-bond acceptors (Lipinski definition) is 3. The van der Waals surface area contributed by atoms with Crippen LogP contribution in [0.15, 0.2) is 72.8 Å². The number of rotatable bonds is 2. The summed E-state index contributed by atoms with van der Waals surface area (Å²) in [7, 11) is 0. The molecule has 0 saturated carbocycles. The Morgan fingerprint density at radius 3 is 1.34 bits per heavy atom. The first-order valence-electron chi connectivity index (χ1n) is 10.9. The van der Waals surface area contributed by atoms with Crippen molar-refractivity contribution in [2.75, 3.05) is 0 Å². The Morgan fingerprint density at radius 1 is 0.514 bits per heavy atom. The molecule has 0 unspecified atom stereocenters. The highest BCUT2D eigenvalue weighted by molar-refractivity contribution is 6.42. The van der Waals surface area contributed by atoms with Crippen LogP contribution in [0.25, 0.3) is 0 Å². The lowest BCUT2D eigenvalue weighted by molar-refractivity contribution is -0.322. The minimum atomic E-state index is -1.37. The molecule has 0 saturated heterocycles. The maximum atomic E-state index is 6.97. The molecular formula is C28H18Cl4O3. The zero-order valence-electron chi connectivity index (χ0n) is 18.7. The van der Waals surface area contributed by atoms with Crippen LogP contribution in [0, 0.1) is 13.8 Å². The van der Waals surface area contributed by atoms with E-state index in [1.54, 1.807) is 24.3 Å². The van der Waals surface area contributed by atoms with Gasteiger partial charge in [0.05, 0.1) is 31.2 Å². The second-order valence-corrected chi connectivity index (χ2v) is 10.4. The minimum absolute atomic E-state index is 0.390. The summed E-state index contributed by atoms with van der Waals surface area (Å²) in [6, 6.07) is 22.5. The van der Waals surface area contributed by atoms with E-state index < -0.39 is 11.6 Å². The van der Waals surface area contributed by atoms with Gasteiger partial charge in [-0.15, -0.1) is 0 Å². The van der Waals surface area contributed by atoms with Crippen LogP contribution in [0.1, 0.15) is 33.4 Å². The van der Waals surface area contributed by atoms with Crippen molar-refractivity contribution in [1.29, 1.82) is 0 Å². The fourth-order valence-corrected chi connectivity index (χ4v) is 5.30. The van der Waals surface area contributed by atoms with Crippen molar-refractivity contribution in [2.45, 2.75) is 25.4 Å². The summed E-state index contributed by atoms with van der Waals surface area (Å²) in [6.07, 6.45) is 0. The van der Waals surface area contributed by atoms with Crippen molar-refractivity contribution in [3.05, 3.63) is 126 Å². The molecule has 0 spiro atoms. The Bertz CT molecular complexity index is 1410. The van der Waals surface area contributed by atoms with E-state index in [1.165, 1.54) is 0 Å². The Kier molecular flexibility index (Phi) is 5.30. The molecule has 2 atom stereocenters. The standard InChI is InChI=1S/C28H18Cl4O3/c1-15-3-9-25-19(11-15)27(17-5-7-21(29)23(31)13-17)34-26-10-4-16(2)12-20(26)28(33-25,35-27)18-6-8-22(30)24(32)14-18/h3-14H,1-2H3/t27-,28-/m0/s1. The van der Waals surface area contributed by atoms with Crippen LogP contribution in [0.5, 0.6) is 11.5 Å². The van der Waals surface area contributed by atoms with Crippen molar-refractivity contribution >= 4 is 46.4 Å². The van der Waals surface area contributed by atoms with Crippen LogP contribution in [0.2, 0.25) is 20.1 Å². The molecule has 176 valence electrons. The SMILES string of the molecule is Cc1ccc2c(c1)[C@@]1(c3ccc(Cl)c(Cl)c3)Oc3ccc(C)cc3[C@@](c3ccc(Cl)c(Cl)c3)(O2)O1. The molecule has 3 nitrogen and oxygen atoms in total. The van der Waals surface area contributed by atoms with Crippen molar-refractivity contribution < 1.29 is 14.2 Å². The van der Waals surface area contributed by atoms with Gasteiger partial charge in [0.1, 0.15) is 11.5 Å². The fourth-order valence-electron chi connectivity index (χ4n) is 4.70. The van der Waals surface area contributed by atoms with Crippen molar-refractivity contribution in [3.63, 3.8) is 0 Å². The smallest absolute Gasteiger partial charge is 0.271 e. The monoisotopic (exact) mass is 542 g/mol. The molecule has 0 amide bonds. The van der Waals surface area contributed by atoms with E-state index in [0.29, 0.717) is 42.7 Å². The molecule has 0 aromatic heterocycles. The second kappa shape index (κ2) is 8.06. The fraction of sp³-hybridized carbons (Fsp3) is 0.143. The first-order chi connectivity index (χ1) is 16.7. The zero-order chi connectivity index (χ0) is 24.5. The van der Waals surface area contributed by atoms with Gasteiger partial charge in [-0.1, -0.05) is 81.8 Å². The highest BCUT2D eigenvalue weighted by Gasteiger charge is 2.60. The van der Waals surface area contributed by atoms with Crippen LogP contribution in [0.3, 0.4) is 0 Å². The molecule has 35 heavy (non-hydrogen) atoms. The molecule has 2 aliphatic heterocycles. The van der Waals surface area contributed by atoms with E-state index in [1.807, 2.05) is 62.4 Å². The number of fused-ring (bicyclic) bond motifs is 6. The van der Waals surface area contributed by atoms with Gasteiger partial charge in [-0.3, -0.25) is 4.74 Å². The van der Waals surface area contributed by atoms with Gasteiger partial charge < -0.3 is 9.47 Å². The van der Waals surface area contributed by atoms with Gasteiger partial charge in [-0.05, 0) is 62.4 Å². The normalized spacial score (nSPS) is 22.0. The zero-order valence-corrected chi connectivity index (χ0v) is 21.7. The van der Waals surface area contributed by atoms with Crippen LogP contribution in [0.4, 0.5) is 0 Å². The molecule has 0 aliphatic carbocycles. The number of benzene rings is 4. The molecule has 7 heteroatoms. The first-order valence-corrected chi connectivity index (χ1v) is 12.4. The van der Waals surface area contributed by atoms with E-state index in [9.17, 15) is 0 Å². The van der Waals surface area contributed by atoms with E-state index in [0.717, 1.165) is 22.3 Å². The van der Waals surface area contributed by atoms with Crippen LogP contribution in [-0.4, -0.2) is 0 Å². The molecule has 4 aromatic carbocycles. The number of hydrogen-bond donors (Lipinski definition) is 0. The van der Waals surface area contributed by atoms with Crippen LogP contribution in [-0.2, 0) is 16.3 Å². The Labute approximate surface area is 223 Å². The Morgan fingerprint density at radius 2 is 0.943 bits per heavy atom. The summed E-state index contributed by atoms with van der Waals surface area (Å²) in [5, 5.41) is 1.65. The van der Waals surface area contributed by atoms with Gasteiger partial charge in [-0.25, -0.2) is 0 Å². The lowest BCUT2D eigenvalue weighted by atomic mass is 9.86. The van der Waals surface area contributed by atoms with Gasteiger partial charge in [0, 0.05) is 11.1 Å². The molecule has 0 fully saturated rings. The molecule has 6 rings (SSSR count). The number of ether oxygens (including phenoxy) is 3. The summed E-state index contributed by atoms with van der Waals surface area (Å²) in [5.41, 5.74) is 4.84. The average Bonchev–Trinajstić information content (AvgIpc) is 2.83. The Hall–Kier alpha value is -2.40. The van der Waals surface area contributed by atoms with Crippen LogP contribution < -0.4 is 9.47 Å². The predicted molar refractivity (Wildman–Crippen MR) is 139 cm³/mol. The van der Waals surface area contributed by atoms with Crippen LogP contribution >= 0.6 is 46.4 Å².